The summed E-state index contributed by atoms with van der Waals surface area (Å²) in [7, 11) is -3.60. The number of nitrogens with one attached hydrogen (secondary N) is 2. The summed E-state index contributed by atoms with van der Waals surface area (Å²) in [5.41, 5.74) is 1.86. The zero-order valence-electron chi connectivity index (χ0n) is 20.7. The Morgan fingerprint density at radius 3 is 2.43 bits per heavy atom. The highest BCUT2D eigenvalue weighted by Crippen LogP contribution is 2.33. The van der Waals surface area contributed by atoms with Gasteiger partial charge in [-0.3, -0.25) is 4.79 Å². The number of halogens is 1. The number of hydrogen-bond acceptors (Lipinski definition) is 6. The normalized spacial score (nSPS) is 15.9. The van der Waals surface area contributed by atoms with Crippen LogP contribution in [0, 0.1) is 5.92 Å². The summed E-state index contributed by atoms with van der Waals surface area (Å²) in [5, 5.41) is 5.05. The molecule has 10 heteroatoms. The fourth-order valence-electron chi connectivity index (χ4n) is 4.56. The van der Waals surface area contributed by atoms with Crippen LogP contribution in [0.5, 0.6) is 0 Å². The topological polar surface area (TPSA) is 104 Å². The van der Waals surface area contributed by atoms with E-state index in [1.807, 2.05) is 32.0 Å². The zero-order valence-corrected chi connectivity index (χ0v) is 21.5. The molecule has 5 rings (SSSR count). The van der Waals surface area contributed by atoms with Crippen LogP contribution in [-0.4, -0.2) is 61.7 Å². The van der Waals surface area contributed by atoms with Crippen molar-refractivity contribution in [3.05, 3.63) is 65.1 Å². The van der Waals surface area contributed by atoms with Gasteiger partial charge in [-0.05, 0) is 41.3 Å². The van der Waals surface area contributed by atoms with Crippen molar-refractivity contribution in [2.75, 3.05) is 38.3 Å². The van der Waals surface area contributed by atoms with Crippen LogP contribution in [0.3, 0.4) is 0 Å². The highest BCUT2D eigenvalue weighted by molar-refractivity contribution is 7.89. The molecule has 2 aromatic heterocycles. The van der Waals surface area contributed by atoms with Crippen molar-refractivity contribution in [2.24, 2.45) is 5.92 Å². The lowest BCUT2D eigenvalue weighted by Crippen LogP contribution is -2.40. The summed E-state index contributed by atoms with van der Waals surface area (Å²) in [6.07, 6.45) is 1.54. The van der Waals surface area contributed by atoms with Crippen LogP contribution in [0.1, 0.15) is 13.8 Å². The summed E-state index contributed by atoms with van der Waals surface area (Å²) < 4.78 is 46.4. The zero-order chi connectivity index (χ0) is 26.2. The maximum atomic E-state index is 13.7. The van der Waals surface area contributed by atoms with Crippen LogP contribution < -0.4 is 10.9 Å². The van der Waals surface area contributed by atoms with E-state index in [0.717, 1.165) is 11.1 Å². The van der Waals surface area contributed by atoms with Gasteiger partial charge in [0.1, 0.15) is 12.5 Å². The second kappa shape index (κ2) is 10.2. The Bertz CT molecular complexity index is 1600. The number of benzene rings is 2. The lowest BCUT2D eigenvalue weighted by atomic mass is 9.99. The van der Waals surface area contributed by atoms with E-state index in [1.165, 1.54) is 4.31 Å². The van der Waals surface area contributed by atoms with Crippen LogP contribution >= 0.6 is 0 Å². The van der Waals surface area contributed by atoms with E-state index in [4.69, 9.17) is 4.74 Å². The number of rotatable bonds is 7. The fraction of sp³-hybridized carbons (Fsp3) is 0.333. The van der Waals surface area contributed by atoms with Crippen LogP contribution in [0.15, 0.2) is 64.4 Å². The number of fused-ring (bicyclic) bond motifs is 3. The third-order valence-electron chi connectivity index (χ3n) is 6.80. The number of sulfonamides is 1. The Balaban J connectivity index is 1.58. The SMILES string of the molecule is CC(C)[C@H](CF)Nc1nc2cc[nH]c(=O)c2c2cc(-c3ccc(S(=O)(=O)N4CCOCC4)cc3)ccc12. The molecule has 1 fully saturated rings. The summed E-state index contributed by atoms with van der Waals surface area (Å²) >= 11 is 0. The van der Waals surface area contributed by atoms with E-state index < -0.39 is 22.7 Å². The molecule has 4 aromatic rings. The van der Waals surface area contributed by atoms with Crippen molar-refractivity contribution in [3.8, 4) is 11.1 Å². The van der Waals surface area contributed by atoms with Gasteiger partial charge in [0, 0.05) is 30.1 Å². The minimum atomic E-state index is -3.60. The molecule has 2 aromatic carbocycles. The van der Waals surface area contributed by atoms with E-state index in [0.29, 0.717) is 53.8 Å². The second-order valence-electron chi connectivity index (χ2n) is 9.48. The molecule has 0 unspecified atom stereocenters. The number of aromatic amines is 1. The van der Waals surface area contributed by atoms with Gasteiger partial charge in [0.25, 0.3) is 5.56 Å². The van der Waals surface area contributed by atoms with Gasteiger partial charge in [-0.2, -0.15) is 4.31 Å². The van der Waals surface area contributed by atoms with Crippen molar-refractivity contribution in [3.63, 3.8) is 0 Å². The molecule has 37 heavy (non-hydrogen) atoms. The number of hydrogen-bond donors (Lipinski definition) is 2. The largest absolute Gasteiger partial charge is 0.379 e. The first-order valence-electron chi connectivity index (χ1n) is 12.3. The van der Waals surface area contributed by atoms with Crippen LogP contribution in [0.25, 0.3) is 32.8 Å². The molecule has 0 spiro atoms. The third-order valence-corrected chi connectivity index (χ3v) is 8.72. The minimum Gasteiger partial charge on any atom is -0.379 e. The average Bonchev–Trinajstić information content (AvgIpc) is 2.91. The van der Waals surface area contributed by atoms with Gasteiger partial charge in [0.2, 0.25) is 10.0 Å². The third kappa shape index (κ3) is 4.84. The molecule has 1 aliphatic heterocycles. The van der Waals surface area contributed by atoms with Gasteiger partial charge < -0.3 is 15.0 Å². The van der Waals surface area contributed by atoms with Crippen LogP contribution in [-0.2, 0) is 14.8 Å². The molecule has 0 bridgehead atoms. The van der Waals surface area contributed by atoms with Gasteiger partial charge in [0.15, 0.2) is 0 Å². The van der Waals surface area contributed by atoms with E-state index >= 15 is 0 Å². The molecule has 3 heterocycles. The number of morpholine rings is 1. The smallest absolute Gasteiger partial charge is 0.258 e. The summed E-state index contributed by atoms with van der Waals surface area (Å²) in [6, 6.07) is 13.7. The maximum absolute atomic E-state index is 13.7. The first kappa shape index (κ1) is 25.3. The van der Waals surface area contributed by atoms with E-state index in [2.05, 4.69) is 15.3 Å². The molecule has 194 valence electrons. The van der Waals surface area contributed by atoms with E-state index in [-0.39, 0.29) is 16.4 Å². The standard InChI is InChI=1S/C27H29FN4O4S/c1-17(2)24(16-28)31-26-21-8-5-19(15-22(21)25-23(30-26)9-10-29-27(25)33)18-3-6-20(7-4-18)37(34,35)32-11-13-36-14-12-32/h3-10,15,17,24H,11-14,16H2,1-2H3,(H,29,33)(H,30,31)/t24-/m0/s1. The number of anilines is 1. The Morgan fingerprint density at radius 1 is 1.05 bits per heavy atom. The Hall–Kier alpha value is -3.34. The molecule has 8 nitrogen and oxygen atoms in total. The minimum absolute atomic E-state index is 0.0447. The molecule has 0 radical (unpaired) electrons. The van der Waals surface area contributed by atoms with Crippen molar-refractivity contribution in [1.29, 1.82) is 0 Å². The Morgan fingerprint density at radius 2 is 1.76 bits per heavy atom. The van der Waals surface area contributed by atoms with Gasteiger partial charge >= 0.3 is 0 Å². The first-order chi connectivity index (χ1) is 17.8. The number of aromatic nitrogens is 2. The van der Waals surface area contributed by atoms with Crippen molar-refractivity contribution in [1.82, 2.24) is 14.3 Å². The molecule has 1 saturated heterocycles. The van der Waals surface area contributed by atoms with E-state index in [1.54, 1.807) is 36.5 Å². The van der Waals surface area contributed by atoms with Crippen molar-refractivity contribution in [2.45, 2.75) is 24.8 Å². The van der Waals surface area contributed by atoms with Crippen molar-refractivity contribution < 1.29 is 17.5 Å². The summed E-state index contributed by atoms with van der Waals surface area (Å²) in [4.78, 5) is 20.4. The quantitative estimate of drug-likeness (QED) is 0.352. The Kier molecular flexibility index (Phi) is 6.98. The average molecular weight is 525 g/mol. The molecular formula is C27H29FN4O4S. The van der Waals surface area contributed by atoms with Gasteiger partial charge in [0.05, 0.1) is 35.1 Å². The molecule has 1 atom stereocenters. The van der Waals surface area contributed by atoms with E-state index in [9.17, 15) is 17.6 Å². The Labute approximate surface area is 214 Å². The van der Waals surface area contributed by atoms with Crippen LogP contribution in [0.4, 0.5) is 10.2 Å². The van der Waals surface area contributed by atoms with Gasteiger partial charge in [-0.1, -0.05) is 38.1 Å². The molecule has 0 amide bonds. The lowest BCUT2D eigenvalue weighted by molar-refractivity contribution is 0.0730. The molecule has 1 aliphatic rings. The van der Waals surface area contributed by atoms with Gasteiger partial charge in [-0.25, -0.2) is 17.8 Å². The maximum Gasteiger partial charge on any atom is 0.258 e. The lowest BCUT2D eigenvalue weighted by Gasteiger charge is -2.26. The summed E-state index contributed by atoms with van der Waals surface area (Å²) in [5.74, 6) is 0.561. The predicted molar refractivity (Wildman–Crippen MR) is 143 cm³/mol. The van der Waals surface area contributed by atoms with Crippen molar-refractivity contribution >= 4 is 37.5 Å². The predicted octanol–water partition coefficient (Wildman–Crippen LogP) is 4.17. The monoisotopic (exact) mass is 524 g/mol. The molecule has 0 saturated carbocycles. The van der Waals surface area contributed by atoms with Gasteiger partial charge in [-0.15, -0.1) is 0 Å². The highest BCUT2D eigenvalue weighted by Gasteiger charge is 2.26. The first-order valence-corrected chi connectivity index (χ1v) is 13.7. The highest BCUT2D eigenvalue weighted by atomic mass is 32.2. The number of pyridine rings is 2. The number of H-pyrrole nitrogens is 1. The summed E-state index contributed by atoms with van der Waals surface area (Å²) in [6.45, 7) is 4.76. The number of nitrogens with zero attached hydrogens (tertiary/aromatic N) is 2. The number of alkyl halides is 1. The molecule has 2 N–H and O–H groups in total. The number of ether oxygens (including phenoxy) is 1. The van der Waals surface area contributed by atoms with Crippen LogP contribution in [0.2, 0.25) is 0 Å². The second-order valence-corrected chi connectivity index (χ2v) is 11.4. The molecule has 0 aliphatic carbocycles. The fourth-order valence-corrected chi connectivity index (χ4v) is 5.97. The molecular weight excluding hydrogens is 495 g/mol.